The molecule has 0 N–H and O–H groups in total. The van der Waals surface area contributed by atoms with Gasteiger partial charge >= 0.3 is 6.61 Å². The molecule has 0 radical (unpaired) electrons. The molecule has 0 aromatic heterocycles. The van der Waals surface area contributed by atoms with E-state index in [0.29, 0.717) is 0 Å². The van der Waals surface area contributed by atoms with Gasteiger partial charge in [-0.1, -0.05) is 32.0 Å². The van der Waals surface area contributed by atoms with Gasteiger partial charge in [-0.25, -0.2) is 13.2 Å². The average Bonchev–Trinajstić information content (AvgIpc) is 2.49. The Morgan fingerprint density at radius 1 is 0.909 bits per heavy atom. The van der Waals surface area contributed by atoms with Crippen molar-refractivity contribution >= 4 is 0 Å². The highest BCUT2D eigenvalue weighted by atomic mass is 19.3. The van der Waals surface area contributed by atoms with E-state index in [9.17, 15) is 22.0 Å². The molecule has 0 bridgehead atoms. The van der Waals surface area contributed by atoms with Crippen LogP contribution in [-0.4, -0.2) is 6.61 Å². The highest BCUT2D eigenvalue weighted by Gasteiger charge is 2.15. The molecular formula is C16H15F5O. The second-order valence-electron chi connectivity index (χ2n) is 4.08. The molecule has 2 aromatic carbocycles. The topological polar surface area (TPSA) is 9.23 Å². The molecule has 0 aliphatic carbocycles. The Kier molecular flexibility index (Phi) is 6.34. The Hall–Kier alpha value is -2.11. The predicted molar refractivity (Wildman–Crippen MR) is 74.5 cm³/mol. The SMILES string of the molecule is CC.Cc1ccc(-c2ccc(OC(F)F)c(F)c2)c(F)c1F. The zero-order valence-corrected chi connectivity index (χ0v) is 12.3. The van der Waals surface area contributed by atoms with Gasteiger partial charge in [0.2, 0.25) is 0 Å². The number of hydrogen-bond donors (Lipinski definition) is 0. The summed E-state index contributed by atoms with van der Waals surface area (Å²) in [6, 6.07) is 5.55. The first kappa shape index (κ1) is 17.9. The van der Waals surface area contributed by atoms with Crippen LogP contribution in [0.2, 0.25) is 0 Å². The summed E-state index contributed by atoms with van der Waals surface area (Å²) in [5, 5.41) is 0. The molecule has 1 nitrogen and oxygen atoms in total. The zero-order chi connectivity index (χ0) is 16.9. The Labute approximate surface area is 125 Å². The van der Waals surface area contributed by atoms with E-state index in [1.807, 2.05) is 13.8 Å². The van der Waals surface area contributed by atoms with Gasteiger partial charge in [-0.2, -0.15) is 8.78 Å². The first-order chi connectivity index (χ1) is 10.4. The third kappa shape index (κ3) is 3.96. The number of benzene rings is 2. The second-order valence-corrected chi connectivity index (χ2v) is 4.08. The van der Waals surface area contributed by atoms with Crippen molar-refractivity contribution in [2.24, 2.45) is 0 Å². The maximum absolute atomic E-state index is 13.7. The van der Waals surface area contributed by atoms with Crippen molar-refractivity contribution in [1.82, 2.24) is 0 Å². The summed E-state index contributed by atoms with van der Waals surface area (Å²) in [5.74, 6) is -3.89. The van der Waals surface area contributed by atoms with E-state index in [1.165, 1.54) is 25.1 Å². The van der Waals surface area contributed by atoms with Crippen LogP contribution in [-0.2, 0) is 0 Å². The lowest BCUT2D eigenvalue weighted by Crippen LogP contribution is -2.03. The molecule has 0 unspecified atom stereocenters. The Balaban J connectivity index is 0.00000116. The van der Waals surface area contributed by atoms with E-state index in [-0.39, 0.29) is 16.7 Å². The van der Waals surface area contributed by atoms with E-state index < -0.39 is 29.8 Å². The third-order valence-corrected chi connectivity index (χ3v) is 2.73. The van der Waals surface area contributed by atoms with Gasteiger partial charge in [0.1, 0.15) is 0 Å². The number of rotatable bonds is 3. The van der Waals surface area contributed by atoms with Gasteiger partial charge in [0.25, 0.3) is 0 Å². The summed E-state index contributed by atoms with van der Waals surface area (Å²) in [6.07, 6.45) is 0. The van der Waals surface area contributed by atoms with Gasteiger partial charge in [0.05, 0.1) is 0 Å². The van der Waals surface area contributed by atoms with Crippen LogP contribution < -0.4 is 4.74 Å². The molecule has 0 spiro atoms. The minimum Gasteiger partial charge on any atom is -0.432 e. The molecule has 22 heavy (non-hydrogen) atoms. The quantitative estimate of drug-likeness (QED) is 0.659. The highest BCUT2D eigenvalue weighted by molar-refractivity contribution is 5.65. The summed E-state index contributed by atoms with van der Waals surface area (Å²) >= 11 is 0. The molecule has 0 amide bonds. The largest absolute Gasteiger partial charge is 0.432 e. The Morgan fingerprint density at radius 2 is 1.55 bits per heavy atom. The maximum Gasteiger partial charge on any atom is 0.387 e. The molecule has 0 saturated carbocycles. The lowest BCUT2D eigenvalue weighted by molar-refractivity contribution is -0.0521. The lowest BCUT2D eigenvalue weighted by Gasteiger charge is -2.09. The fourth-order valence-corrected chi connectivity index (χ4v) is 1.73. The Morgan fingerprint density at radius 3 is 2.09 bits per heavy atom. The van der Waals surface area contributed by atoms with E-state index in [0.717, 1.165) is 12.1 Å². The van der Waals surface area contributed by atoms with Crippen LogP contribution in [0.4, 0.5) is 22.0 Å². The first-order valence-electron chi connectivity index (χ1n) is 6.59. The highest BCUT2D eigenvalue weighted by Crippen LogP contribution is 2.30. The van der Waals surface area contributed by atoms with Crippen LogP contribution in [0.15, 0.2) is 30.3 Å². The number of alkyl halides is 2. The van der Waals surface area contributed by atoms with E-state index in [2.05, 4.69) is 4.74 Å². The number of halogens is 5. The fourth-order valence-electron chi connectivity index (χ4n) is 1.73. The first-order valence-corrected chi connectivity index (χ1v) is 6.59. The normalized spacial score (nSPS) is 10.2. The van der Waals surface area contributed by atoms with Crippen molar-refractivity contribution < 1.29 is 26.7 Å². The van der Waals surface area contributed by atoms with Gasteiger partial charge < -0.3 is 4.74 Å². The van der Waals surface area contributed by atoms with Gasteiger partial charge in [0, 0.05) is 5.56 Å². The average molecular weight is 318 g/mol. The molecule has 2 aromatic rings. The smallest absolute Gasteiger partial charge is 0.387 e. The molecular weight excluding hydrogens is 303 g/mol. The summed E-state index contributed by atoms with van der Waals surface area (Å²) in [7, 11) is 0. The fraction of sp³-hybridized carbons (Fsp3) is 0.250. The molecule has 120 valence electrons. The van der Waals surface area contributed by atoms with Crippen molar-refractivity contribution in [1.29, 1.82) is 0 Å². The minimum atomic E-state index is -3.16. The maximum atomic E-state index is 13.7. The van der Waals surface area contributed by atoms with Crippen molar-refractivity contribution in [2.75, 3.05) is 0 Å². The summed E-state index contributed by atoms with van der Waals surface area (Å²) in [6.45, 7) is 2.23. The van der Waals surface area contributed by atoms with Crippen molar-refractivity contribution in [3.05, 3.63) is 53.3 Å². The van der Waals surface area contributed by atoms with Crippen LogP contribution in [0.3, 0.4) is 0 Å². The van der Waals surface area contributed by atoms with Crippen LogP contribution in [0, 0.1) is 24.4 Å². The summed E-state index contributed by atoms with van der Waals surface area (Å²) in [5.41, 5.74) is -0.0134. The van der Waals surface area contributed by atoms with Gasteiger partial charge in [0.15, 0.2) is 23.2 Å². The van der Waals surface area contributed by atoms with E-state index in [1.54, 1.807) is 0 Å². The molecule has 0 aliphatic heterocycles. The molecule has 0 atom stereocenters. The Bertz CT molecular complexity index is 641. The monoisotopic (exact) mass is 318 g/mol. The standard InChI is InChI=1S/C14H9F5O.C2H6/c1-7-2-4-9(13(17)12(7)16)8-3-5-11(10(15)6-8)20-14(18)19;1-2/h2-6,14H,1H3;1-2H3. The molecule has 0 heterocycles. The molecule has 0 saturated heterocycles. The van der Waals surface area contributed by atoms with Gasteiger partial charge in [-0.05, 0) is 30.2 Å². The van der Waals surface area contributed by atoms with Crippen molar-refractivity contribution in [3.8, 4) is 16.9 Å². The number of ether oxygens (including phenoxy) is 1. The predicted octanol–water partition coefficient (Wildman–Crippen LogP) is 5.71. The summed E-state index contributed by atoms with van der Waals surface area (Å²) in [4.78, 5) is 0. The van der Waals surface area contributed by atoms with Crippen LogP contribution >= 0.6 is 0 Å². The van der Waals surface area contributed by atoms with Crippen LogP contribution in [0.5, 0.6) is 5.75 Å². The van der Waals surface area contributed by atoms with Crippen molar-refractivity contribution in [2.45, 2.75) is 27.4 Å². The number of hydrogen-bond acceptors (Lipinski definition) is 1. The third-order valence-electron chi connectivity index (χ3n) is 2.73. The second kappa shape index (κ2) is 7.77. The minimum absolute atomic E-state index is 0.0283. The van der Waals surface area contributed by atoms with Gasteiger partial charge in [-0.3, -0.25) is 0 Å². The molecule has 0 fully saturated rings. The lowest BCUT2D eigenvalue weighted by atomic mass is 10.0. The van der Waals surface area contributed by atoms with Crippen LogP contribution in [0.1, 0.15) is 19.4 Å². The number of aryl methyl sites for hydroxylation is 1. The van der Waals surface area contributed by atoms with Gasteiger partial charge in [-0.15, -0.1) is 0 Å². The van der Waals surface area contributed by atoms with E-state index in [4.69, 9.17) is 0 Å². The van der Waals surface area contributed by atoms with Crippen LogP contribution in [0.25, 0.3) is 11.1 Å². The van der Waals surface area contributed by atoms with Crippen molar-refractivity contribution in [3.63, 3.8) is 0 Å². The zero-order valence-electron chi connectivity index (χ0n) is 12.3. The molecule has 2 rings (SSSR count). The molecule has 0 aliphatic rings. The van der Waals surface area contributed by atoms with E-state index >= 15 is 0 Å². The molecule has 6 heteroatoms. The summed E-state index contributed by atoms with van der Waals surface area (Å²) < 4.78 is 68.6.